The van der Waals surface area contributed by atoms with E-state index in [0.717, 1.165) is 28.7 Å². The summed E-state index contributed by atoms with van der Waals surface area (Å²) in [5.74, 6) is -0.279. The summed E-state index contributed by atoms with van der Waals surface area (Å²) in [5, 5.41) is 13.3. The molecule has 132 valence electrons. The summed E-state index contributed by atoms with van der Waals surface area (Å²) in [5.41, 5.74) is 4.72. The molecule has 0 radical (unpaired) electrons. The highest BCUT2D eigenvalue weighted by atomic mass is 19.1. The van der Waals surface area contributed by atoms with E-state index in [9.17, 15) is 4.39 Å². The van der Waals surface area contributed by atoms with Crippen molar-refractivity contribution in [2.24, 2.45) is 7.05 Å². The Bertz CT molecular complexity index is 1060. The molecule has 26 heavy (non-hydrogen) atoms. The number of hydrogen-bond acceptors (Lipinski definition) is 3. The van der Waals surface area contributed by atoms with Gasteiger partial charge in [0, 0.05) is 37.3 Å². The summed E-state index contributed by atoms with van der Waals surface area (Å²) in [4.78, 5) is 0. The summed E-state index contributed by atoms with van der Waals surface area (Å²) >= 11 is 0. The van der Waals surface area contributed by atoms with E-state index in [1.54, 1.807) is 16.8 Å². The maximum Gasteiger partial charge on any atom is 0.148 e. The zero-order valence-electron chi connectivity index (χ0n) is 14.8. The van der Waals surface area contributed by atoms with Crippen molar-refractivity contribution in [3.05, 3.63) is 77.5 Å². The monoisotopic (exact) mass is 349 g/mol. The first-order chi connectivity index (χ1) is 12.6. The molecule has 0 unspecified atom stereocenters. The lowest BCUT2D eigenvalue weighted by Crippen LogP contribution is -2.13. The van der Waals surface area contributed by atoms with E-state index < -0.39 is 0 Å². The van der Waals surface area contributed by atoms with Crippen LogP contribution in [0.15, 0.2) is 54.9 Å². The Morgan fingerprint density at radius 2 is 1.96 bits per heavy atom. The first kappa shape index (κ1) is 16.5. The van der Waals surface area contributed by atoms with Crippen molar-refractivity contribution in [2.45, 2.75) is 20.0 Å². The van der Waals surface area contributed by atoms with Crippen LogP contribution in [0.5, 0.6) is 0 Å². The van der Waals surface area contributed by atoms with Gasteiger partial charge in [-0.2, -0.15) is 10.2 Å². The number of para-hydroxylation sites is 1. The smallest absolute Gasteiger partial charge is 0.148 e. The van der Waals surface area contributed by atoms with Crippen LogP contribution in [0.25, 0.3) is 16.6 Å². The second-order valence-corrected chi connectivity index (χ2v) is 6.40. The van der Waals surface area contributed by atoms with Crippen molar-refractivity contribution in [3.63, 3.8) is 0 Å². The van der Waals surface area contributed by atoms with Gasteiger partial charge in [-0.1, -0.05) is 24.3 Å². The third-order valence-corrected chi connectivity index (χ3v) is 4.56. The molecule has 0 aliphatic carbocycles. The van der Waals surface area contributed by atoms with E-state index in [-0.39, 0.29) is 5.82 Å². The molecule has 0 saturated carbocycles. The lowest BCUT2D eigenvalue weighted by atomic mass is 10.1. The van der Waals surface area contributed by atoms with Gasteiger partial charge in [0.2, 0.25) is 0 Å². The molecular weight excluding hydrogens is 329 g/mol. The number of nitrogens with zero attached hydrogens (tertiary/aromatic N) is 4. The summed E-state index contributed by atoms with van der Waals surface area (Å²) in [6, 6.07) is 13.0. The first-order valence-electron chi connectivity index (χ1n) is 8.53. The molecule has 0 spiro atoms. The average molecular weight is 349 g/mol. The van der Waals surface area contributed by atoms with E-state index >= 15 is 0 Å². The molecule has 0 fully saturated rings. The van der Waals surface area contributed by atoms with Gasteiger partial charge in [0.05, 0.1) is 17.4 Å². The minimum absolute atomic E-state index is 0.279. The van der Waals surface area contributed by atoms with Gasteiger partial charge in [-0.15, -0.1) is 0 Å². The van der Waals surface area contributed by atoms with Gasteiger partial charge in [-0.25, -0.2) is 9.07 Å². The Labute approximate surface area is 151 Å². The molecule has 4 aromatic rings. The van der Waals surface area contributed by atoms with Crippen molar-refractivity contribution in [2.75, 3.05) is 0 Å². The Hall–Kier alpha value is -2.99. The SMILES string of the molecule is Cc1nn(-c2ccccc2F)cc1CNCc1ccc2cnn(C)c2c1. The Kier molecular flexibility index (Phi) is 4.26. The third-order valence-electron chi connectivity index (χ3n) is 4.56. The number of hydrogen-bond donors (Lipinski definition) is 1. The predicted molar refractivity (Wildman–Crippen MR) is 99.5 cm³/mol. The van der Waals surface area contributed by atoms with Crippen molar-refractivity contribution < 1.29 is 4.39 Å². The Morgan fingerprint density at radius 1 is 1.12 bits per heavy atom. The van der Waals surface area contributed by atoms with Crippen LogP contribution in [0, 0.1) is 12.7 Å². The normalized spacial score (nSPS) is 11.3. The van der Waals surface area contributed by atoms with Gasteiger partial charge in [0.1, 0.15) is 11.5 Å². The molecule has 2 aromatic heterocycles. The molecule has 2 heterocycles. The number of nitrogens with one attached hydrogen (secondary N) is 1. The van der Waals surface area contributed by atoms with Crippen LogP contribution in [-0.4, -0.2) is 19.6 Å². The number of aromatic nitrogens is 4. The molecule has 1 N–H and O–H groups in total. The molecule has 0 aliphatic heterocycles. The second-order valence-electron chi connectivity index (χ2n) is 6.40. The Morgan fingerprint density at radius 3 is 2.81 bits per heavy atom. The number of fused-ring (bicyclic) bond motifs is 1. The van der Waals surface area contributed by atoms with E-state index in [1.807, 2.05) is 37.1 Å². The number of halogens is 1. The lowest BCUT2D eigenvalue weighted by molar-refractivity contribution is 0.610. The zero-order chi connectivity index (χ0) is 18.1. The second kappa shape index (κ2) is 6.72. The summed E-state index contributed by atoms with van der Waals surface area (Å²) in [7, 11) is 1.94. The highest BCUT2D eigenvalue weighted by Crippen LogP contribution is 2.16. The summed E-state index contributed by atoms with van der Waals surface area (Å²) < 4.78 is 17.4. The lowest BCUT2D eigenvalue weighted by Gasteiger charge is -2.05. The van der Waals surface area contributed by atoms with Crippen LogP contribution < -0.4 is 5.32 Å². The quantitative estimate of drug-likeness (QED) is 0.600. The van der Waals surface area contributed by atoms with Gasteiger partial charge in [0.15, 0.2) is 0 Å². The van der Waals surface area contributed by atoms with E-state index in [0.29, 0.717) is 12.2 Å². The fraction of sp³-hybridized carbons (Fsp3) is 0.200. The van der Waals surface area contributed by atoms with Gasteiger partial charge in [-0.05, 0) is 30.7 Å². The van der Waals surface area contributed by atoms with E-state index in [2.05, 4.69) is 33.7 Å². The Balaban J connectivity index is 1.46. The van der Waals surface area contributed by atoms with Gasteiger partial charge in [0.25, 0.3) is 0 Å². The van der Waals surface area contributed by atoms with Crippen LogP contribution in [0.2, 0.25) is 0 Å². The minimum atomic E-state index is -0.279. The summed E-state index contributed by atoms with van der Waals surface area (Å²) in [6.45, 7) is 3.35. The first-order valence-corrected chi connectivity index (χ1v) is 8.53. The highest BCUT2D eigenvalue weighted by molar-refractivity contribution is 5.79. The number of benzene rings is 2. The predicted octanol–water partition coefficient (Wildman–Crippen LogP) is 3.50. The maximum atomic E-state index is 13.9. The van der Waals surface area contributed by atoms with Crippen LogP contribution >= 0.6 is 0 Å². The fourth-order valence-corrected chi connectivity index (χ4v) is 3.07. The average Bonchev–Trinajstić information content (AvgIpc) is 3.19. The van der Waals surface area contributed by atoms with Crippen molar-refractivity contribution >= 4 is 10.9 Å². The molecule has 0 amide bonds. The molecule has 4 rings (SSSR count). The molecule has 6 heteroatoms. The van der Waals surface area contributed by atoms with Crippen LogP contribution in [0.3, 0.4) is 0 Å². The number of rotatable bonds is 5. The standard InChI is InChI=1S/C20H20FN5/c1-14-17(13-26(24-14)19-6-4-3-5-18(19)21)11-22-10-15-7-8-16-12-23-25(2)20(16)9-15/h3-9,12-13,22H,10-11H2,1-2H3. The van der Waals surface area contributed by atoms with Crippen molar-refractivity contribution in [1.29, 1.82) is 0 Å². The van der Waals surface area contributed by atoms with Gasteiger partial charge >= 0.3 is 0 Å². The molecule has 0 atom stereocenters. The molecular formula is C20H20FN5. The third kappa shape index (κ3) is 3.11. The van der Waals surface area contributed by atoms with E-state index in [4.69, 9.17) is 0 Å². The minimum Gasteiger partial charge on any atom is -0.308 e. The molecule has 0 aliphatic rings. The fourth-order valence-electron chi connectivity index (χ4n) is 3.07. The summed E-state index contributed by atoms with van der Waals surface area (Å²) in [6.07, 6.45) is 3.75. The van der Waals surface area contributed by atoms with Crippen molar-refractivity contribution in [3.8, 4) is 5.69 Å². The molecule has 5 nitrogen and oxygen atoms in total. The topological polar surface area (TPSA) is 47.7 Å². The van der Waals surface area contributed by atoms with Crippen LogP contribution in [0.4, 0.5) is 4.39 Å². The molecule has 0 bridgehead atoms. The van der Waals surface area contributed by atoms with Crippen molar-refractivity contribution in [1.82, 2.24) is 24.9 Å². The number of aryl methyl sites for hydroxylation is 2. The zero-order valence-corrected chi connectivity index (χ0v) is 14.8. The van der Waals surface area contributed by atoms with E-state index in [1.165, 1.54) is 11.6 Å². The molecule has 0 saturated heterocycles. The maximum absolute atomic E-state index is 13.9. The van der Waals surface area contributed by atoms with Gasteiger partial charge < -0.3 is 5.32 Å². The van der Waals surface area contributed by atoms with Crippen LogP contribution in [0.1, 0.15) is 16.8 Å². The largest absolute Gasteiger partial charge is 0.308 e. The van der Waals surface area contributed by atoms with Gasteiger partial charge in [-0.3, -0.25) is 4.68 Å². The highest BCUT2D eigenvalue weighted by Gasteiger charge is 2.09. The molecule has 2 aromatic carbocycles. The van der Waals surface area contributed by atoms with Crippen LogP contribution in [-0.2, 0) is 20.1 Å².